The Bertz CT molecular complexity index is 481. The lowest BCUT2D eigenvalue weighted by Crippen LogP contribution is -2.16. The quantitative estimate of drug-likeness (QED) is 0.875. The van der Waals surface area contributed by atoms with Gasteiger partial charge in [-0.1, -0.05) is 12.1 Å². The van der Waals surface area contributed by atoms with Crippen molar-refractivity contribution in [3.63, 3.8) is 0 Å². The minimum absolute atomic E-state index is 0.820. The highest BCUT2D eigenvalue weighted by molar-refractivity contribution is 9.10. The van der Waals surface area contributed by atoms with Gasteiger partial charge in [-0.2, -0.15) is 0 Å². The van der Waals surface area contributed by atoms with Crippen molar-refractivity contribution >= 4 is 38.6 Å². The molecule has 1 aromatic carbocycles. The van der Waals surface area contributed by atoms with E-state index in [1.165, 1.54) is 4.88 Å². The Morgan fingerprint density at radius 1 is 1.38 bits per heavy atom. The van der Waals surface area contributed by atoms with E-state index in [1.807, 2.05) is 24.3 Å². The molecule has 0 saturated heterocycles. The fourth-order valence-corrected chi connectivity index (χ4v) is 3.09. The standard InChI is InChI=1S/C12H13BrN2S/c1-15(7-10-6-9(13)8-16-10)12-5-3-2-4-11(12)14/h2-6,8H,7,14H2,1H3. The molecule has 1 heterocycles. The number of halogens is 1. The van der Waals surface area contributed by atoms with Crippen molar-refractivity contribution < 1.29 is 0 Å². The van der Waals surface area contributed by atoms with Crippen LogP contribution >= 0.6 is 27.3 Å². The molecule has 0 saturated carbocycles. The average molecular weight is 297 g/mol. The Balaban J connectivity index is 2.14. The number of thiophene rings is 1. The van der Waals surface area contributed by atoms with Gasteiger partial charge in [-0.3, -0.25) is 0 Å². The van der Waals surface area contributed by atoms with Gasteiger partial charge in [-0.05, 0) is 34.1 Å². The van der Waals surface area contributed by atoms with Crippen LogP contribution in [0.3, 0.4) is 0 Å². The van der Waals surface area contributed by atoms with E-state index in [4.69, 9.17) is 5.73 Å². The van der Waals surface area contributed by atoms with Gasteiger partial charge in [0.1, 0.15) is 0 Å². The minimum atomic E-state index is 0.820. The lowest BCUT2D eigenvalue weighted by molar-refractivity contribution is 0.942. The van der Waals surface area contributed by atoms with Gasteiger partial charge in [0.25, 0.3) is 0 Å². The zero-order valence-corrected chi connectivity index (χ0v) is 11.4. The van der Waals surface area contributed by atoms with Crippen molar-refractivity contribution in [2.75, 3.05) is 17.7 Å². The Morgan fingerprint density at radius 2 is 2.12 bits per heavy atom. The predicted molar refractivity (Wildman–Crippen MR) is 75.0 cm³/mol. The molecule has 84 valence electrons. The largest absolute Gasteiger partial charge is 0.397 e. The van der Waals surface area contributed by atoms with Crippen molar-refractivity contribution in [2.45, 2.75) is 6.54 Å². The molecule has 0 bridgehead atoms. The van der Waals surface area contributed by atoms with Crippen LogP contribution in [0.5, 0.6) is 0 Å². The molecule has 0 aliphatic heterocycles. The SMILES string of the molecule is CN(Cc1cc(Br)cs1)c1ccccc1N. The summed E-state index contributed by atoms with van der Waals surface area (Å²) in [6, 6.07) is 10.1. The summed E-state index contributed by atoms with van der Waals surface area (Å²) in [5.41, 5.74) is 7.83. The molecule has 0 atom stereocenters. The van der Waals surface area contributed by atoms with Crippen LogP contribution in [0.2, 0.25) is 0 Å². The Morgan fingerprint density at radius 3 is 2.75 bits per heavy atom. The molecule has 2 rings (SSSR count). The second-order valence-corrected chi connectivity index (χ2v) is 5.56. The van der Waals surface area contributed by atoms with Gasteiger partial charge in [0.15, 0.2) is 0 Å². The van der Waals surface area contributed by atoms with Gasteiger partial charge in [-0.15, -0.1) is 11.3 Å². The highest BCUT2D eigenvalue weighted by Crippen LogP contribution is 2.26. The second-order valence-electron chi connectivity index (χ2n) is 3.65. The van der Waals surface area contributed by atoms with Crippen molar-refractivity contribution in [1.82, 2.24) is 0 Å². The summed E-state index contributed by atoms with van der Waals surface area (Å²) in [6.45, 7) is 0.879. The number of hydrogen-bond acceptors (Lipinski definition) is 3. The first-order valence-corrected chi connectivity index (χ1v) is 6.62. The molecule has 2 nitrogen and oxygen atoms in total. The predicted octanol–water partition coefficient (Wildman–Crippen LogP) is 3.73. The fraction of sp³-hybridized carbons (Fsp3) is 0.167. The number of nitrogen functional groups attached to an aromatic ring is 1. The monoisotopic (exact) mass is 296 g/mol. The number of rotatable bonds is 3. The van der Waals surface area contributed by atoms with E-state index >= 15 is 0 Å². The zero-order valence-electron chi connectivity index (χ0n) is 8.98. The van der Waals surface area contributed by atoms with Crippen molar-refractivity contribution in [3.05, 3.63) is 45.1 Å². The summed E-state index contributed by atoms with van der Waals surface area (Å²) in [5, 5.41) is 2.09. The number of anilines is 2. The zero-order chi connectivity index (χ0) is 11.5. The van der Waals surface area contributed by atoms with E-state index in [9.17, 15) is 0 Å². The third-order valence-corrected chi connectivity index (χ3v) is 4.05. The van der Waals surface area contributed by atoms with Crippen LogP contribution in [-0.4, -0.2) is 7.05 Å². The van der Waals surface area contributed by atoms with Gasteiger partial charge in [0.05, 0.1) is 17.9 Å². The molecule has 2 N–H and O–H groups in total. The van der Waals surface area contributed by atoms with Crippen LogP contribution in [0.25, 0.3) is 0 Å². The molecule has 0 aliphatic carbocycles. The van der Waals surface area contributed by atoms with Crippen LogP contribution in [0.4, 0.5) is 11.4 Å². The van der Waals surface area contributed by atoms with Crippen LogP contribution in [0.15, 0.2) is 40.2 Å². The number of benzene rings is 1. The van der Waals surface area contributed by atoms with Gasteiger partial charge >= 0.3 is 0 Å². The topological polar surface area (TPSA) is 29.3 Å². The number of hydrogen-bond donors (Lipinski definition) is 1. The van der Waals surface area contributed by atoms with Crippen molar-refractivity contribution in [1.29, 1.82) is 0 Å². The van der Waals surface area contributed by atoms with E-state index in [2.05, 4.69) is 39.3 Å². The maximum absolute atomic E-state index is 5.93. The summed E-state index contributed by atoms with van der Waals surface area (Å²) >= 11 is 5.21. The molecule has 0 aliphatic rings. The van der Waals surface area contributed by atoms with E-state index in [1.54, 1.807) is 11.3 Å². The molecular weight excluding hydrogens is 284 g/mol. The summed E-state index contributed by atoms with van der Waals surface area (Å²) < 4.78 is 1.14. The maximum Gasteiger partial charge on any atom is 0.0600 e. The minimum Gasteiger partial charge on any atom is -0.397 e. The Kier molecular flexibility index (Phi) is 3.51. The first kappa shape index (κ1) is 11.5. The summed E-state index contributed by atoms with van der Waals surface area (Å²) in [6.07, 6.45) is 0. The molecule has 0 unspecified atom stereocenters. The molecule has 0 amide bonds. The maximum atomic E-state index is 5.93. The molecule has 0 radical (unpaired) electrons. The lowest BCUT2D eigenvalue weighted by atomic mass is 10.2. The van der Waals surface area contributed by atoms with Crippen LogP contribution in [-0.2, 0) is 6.54 Å². The van der Waals surface area contributed by atoms with E-state index < -0.39 is 0 Å². The van der Waals surface area contributed by atoms with Gasteiger partial charge < -0.3 is 10.6 Å². The van der Waals surface area contributed by atoms with Crippen molar-refractivity contribution in [3.8, 4) is 0 Å². The fourth-order valence-electron chi connectivity index (χ4n) is 1.59. The highest BCUT2D eigenvalue weighted by atomic mass is 79.9. The molecule has 1 aromatic heterocycles. The van der Waals surface area contributed by atoms with Crippen LogP contribution < -0.4 is 10.6 Å². The van der Waals surface area contributed by atoms with Gasteiger partial charge in [-0.25, -0.2) is 0 Å². The van der Waals surface area contributed by atoms with E-state index in [0.29, 0.717) is 0 Å². The number of para-hydroxylation sites is 2. The van der Waals surface area contributed by atoms with Gasteiger partial charge in [0.2, 0.25) is 0 Å². The molecule has 16 heavy (non-hydrogen) atoms. The Labute approximate surface area is 108 Å². The first-order chi connectivity index (χ1) is 7.66. The molecule has 4 heteroatoms. The average Bonchev–Trinajstić information content (AvgIpc) is 2.64. The second kappa shape index (κ2) is 4.89. The third-order valence-electron chi connectivity index (χ3n) is 2.36. The van der Waals surface area contributed by atoms with Crippen LogP contribution in [0.1, 0.15) is 4.88 Å². The van der Waals surface area contributed by atoms with E-state index in [0.717, 1.165) is 22.4 Å². The lowest BCUT2D eigenvalue weighted by Gasteiger charge is -2.20. The summed E-state index contributed by atoms with van der Waals surface area (Å²) in [5.74, 6) is 0. The summed E-state index contributed by atoms with van der Waals surface area (Å²) in [7, 11) is 2.05. The Hall–Kier alpha value is -1.00. The molecule has 2 aromatic rings. The highest BCUT2D eigenvalue weighted by Gasteiger charge is 2.06. The molecular formula is C12H13BrN2S. The van der Waals surface area contributed by atoms with Crippen LogP contribution in [0, 0.1) is 0 Å². The number of nitrogens with zero attached hydrogens (tertiary/aromatic N) is 1. The van der Waals surface area contributed by atoms with Gasteiger partial charge in [0, 0.05) is 21.8 Å². The smallest absolute Gasteiger partial charge is 0.0600 e. The summed E-state index contributed by atoms with van der Waals surface area (Å²) in [4.78, 5) is 3.48. The normalized spacial score (nSPS) is 10.4. The third kappa shape index (κ3) is 2.57. The first-order valence-electron chi connectivity index (χ1n) is 4.95. The van der Waals surface area contributed by atoms with Crippen molar-refractivity contribution in [2.24, 2.45) is 0 Å². The van der Waals surface area contributed by atoms with E-state index in [-0.39, 0.29) is 0 Å². The molecule has 0 fully saturated rings. The number of nitrogens with two attached hydrogens (primary N) is 1. The molecule has 0 spiro atoms.